The van der Waals surface area contributed by atoms with Crippen LogP contribution in [0.15, 0.2) is 24.3 Å². The van der Waals surface area contributed by atoms with Gasteiger partial charge in [0.05, 0.1) is 0 Å². The van der Waals surface area contributed by atoms with Crippen molar-refractivity contribution in [1.82, 2.24) is 0 Å². The third-order valence-electron chi connectivity index (χ3n) is 3.09. The molecule has 106 valence electrons. The van der Waals surface area contributed by atoms with Crippen LogP contribution < -0.4 is 10.6 Å². The fourth-order valence-corrected chi connectivity index (χ4v) is 6.62. The minimum absolute atomic E-state index is 0. The smallest absolute Gasteiger partial charge is 0 e. The van der Waals surface area contributed by atoms with E-state index in [1.807, 2.05) is 0 Å². The number of rotatable bonds is 6. The first-order valence-electron chi connectivity index (χ1n) is 6.57. The molecule has 0 saturated heterocycles. The molecule has 1 aromatic rings. The second-order valence-electron chi connectivity index (χ2n) is 3.83. The van der Waals surface area contributed by atoms with Gasteiger partial charge in [0.2, 0.25) is 0 Å². The number of benzene rings is 1. The van der Waals surface area contributed by atoms with Gasteiger partial charge in [-0.15, -0.1) is 0 Å². The van der Waals surface area contributed by atoms with Crippen molar-refractivity contribution in [2.45, 2.75) is 27.7 Å². The summed E-state index contributed by atoms with van der Waals surface area (Å²) in [6.45, 7) is 13.9. The molecular weight excluding hydrogens is 310 g/mol. The monoisotopic (exact) mass is 334 g/mol. The molecule has 0 saturated carbocycles. The quantitative estimate of drug-likeness (QED) is 0.427. The van der Waals surface area contributed by atoms with Gasteiger partial charge in [-0.25, -0.2) is 0 Å². The third-order valence-corrected chi connectivity index (χ3v) is 8.46. The SMILES string of the molecule is CCP(CC)c1ccccc1P(CC)CC.[C-]#[O+].[Cr]. The van der Waals surface area contributed by atoms with Crippen LogP contribution in [-0.2, 0) is 22.0 Å². The molecule has 0 bridgehead atoms. The Labute approximate surface area is 131 Å². The largest absolute Gasteiger partial charge is 0 e. The van der Waals surface area contributed by atoms with Gasteiger partial charge in [0.15, 0.2) is 0 Å². The summed E-state index contributed by atoms with van der Waals surface area (Å²) in [6.07, 6.45) is 5.33. The maximum absolute atomic E-state index is 7.50. The predicted molar refractivity (Wildman–Crippen MR) is 85.6 cm³/mol. The molecule has 1 rings (SSSR count). The summed E-state index contributed by atoms with van der Waals surface area (Å²) >= 11 is 0. The Balaban J connectivity index is 0. The van der Waals surface area contributed by atoms with Crippen molar-refractivity contribution >= 4 is 26.5 Å². The second-order valence-corrected chi connectivity index (χ2v) is 9.49. The predicted octanol–water partition coefficient (Wildman–Crippen LogP) is 3.94. The van der Waals surface area contributed by atoms with E-state index in [1.54, 1.807) is 10.6 Å². The van der Waals surface area contributed by atoms with Crippen molar-refractivity contribution in [3.63, 3.8) is 0 Å². The minimum atomic E-state index is 0. The Kier molecular flexibility index (Phi) is 15.2. The van der Waals surface area contributed by atoms with Gasteiger partial charge in [-0.1, -0.05) is 67.8 Å². The zero-order valence-corrected chi connectivity index (χ0v) is 15.4. The van der Waals surface area contributed by atoms with Crippen LogP contribution in [0.4, 0.5) is 0 Å². The van der Waals surface area contributed by atoms with Crippen molar-refractivity contribution in [3.05, 3.63) is 30.9 Å². The van der Waals surface area contributed by atoms with E-state index >= 15 is 0 Å². The first kappa shape index (κ1) is 21.6. The van der Waals surface area contributed by atoms with Crippen LogP contribution in [0.25, 0.3) is 0 Å². The van der Waals surface area contributed by atoms with E-state index in [2.05, 4.69) is 58.6 Å². The van der Waals surface area contributed by atoms with Gasteiger partial charge in [-0.2, -0.15) is 0 Å². The standard InChI is InChI=1S/C14H24P2.CO.Cr/c1-5-15(6-2)13-11-9-10-12-14(13)16(7-3)8-4;1-2;/h9-12H,5-8H2,1-4H3;;. The zero-order chi connectivity index (χ0) is 14.0. The molecule has 0 aliphatic rings. The van der Waals surface area contributed by atoms with E-state index < -0.39 is 0 Å². The first-order valence-corrected chi connectivity index (χ1v) is 10.00. The van der Waals surface area contributed by atoms with Crippen molar-refractivity contribution in [1.29, 1.82) is 0 Å². The number of hydrogen-bond donors (Lipinski definition) is 0. The Morgan fingerprint density at radius 1 is 0.789 bits per heavy atom. The number of hydrogen-bond acceptors (Lipinski definition) is 0. The van der Waals surface area contributed by atoms with Gasteiger partial charge in [0.25, 0.3) is 0 Å². The topological polar surface area (TPSA) is 19.9 Å². The Morgan fingerprint density at radius 2 is 1.05 bits per heavy atom. The molecule has 1 aromatic carbocycles. The fraction of sp³-hybridized carbons (Fsp3) is 0.533. The van der Waals surface area contributed by atoms with Crippen LogP contribution >= 0.6 is 15.8 Å². The minimum Gasteiger partial charge on any atom is 0 e. The molecule has 1 nitrogen and oxygen atoms in total. The van der Waals surface area contributed by atoms with Gasteiger partial charge >= 0.3 is 11.3 Å². The summed E-state index contributed by atoms with van der Waals surface area (Å²) in [5.41, 5.74) is 0. The Morgan fingerprint density at radius 3 is 1.26 bits per heavy atom. The van der Waals surface area contributed by atoms with Crippen LogP contribution in [0, 0.1) is 6.65 Å². The molecule has 19 heavy (non-hydrogen) atoms. The van der Waals surface area contributed by atoms with Crippen LogP contribution in [0.3, 0.4) is 0 Å². The molecule has 0 fully saturated rings. The average Bonchev–Trinajstić information content (AvgIpc) is 2.45. The van der Waals surface area contributed by atoms with E-state index in [0.717, 1.165) is 0 Å². The molecule has 0 heterocycles. The fourth-order valence-electron chi connectivity index (χ4n) is 2.13. The summed E-state index contributed by atoms with van der Waals surface area (Å²) in [6, 6.07) is 9.21. The van der Waals surface area contributed by atoms with Crippen LogP contribution in [-0.4, -0.2) is 24.6 Å². The van der Waals surface area contributed by atoms with Crippen LogP contribution in [0.1, 0.15) is 27.7 Å². The molecule has 0 unspecified atom stereocenters. The van der Waals surface area contributed by atoms with E-state index in [-0.39, 0.29) is 33.2 Å². The van der Waals surface area contributed by atoms with Gasteiger partial charge in [-0.3, -0.25) is 0 Å². The van der Waals surface area contributed by atoms with Gasteiger partial charge in [0, 0.05) is 17.4 Å². The molecule has 0 amide bonds. The molecule has 4 heteroatoms. The normalized spacial score (nSPS) is 9.68. The van der Waals surface area contributed by atoms with Crippen molar-refractivity contribution in [2.75, 3.05) is 24.6 Å². The maximum atomic E-state index is 7.50. The molecule has 0 aromatic heterocycles. The molecule has 0 aliphatic heterocycles. The van der Waals surface area contributed by atoms with Gasteiger partial charge in [0.1, 0.15) is 0 Å². The molecule has 0 atom stereocenters. The third kappa shape index (κ3) is 6.56. The summed E-state index contributed by atoms with van der Waals surface area (Å²) < 4.78 is 7.50. The molecule has 0 spiro atoms. The maximum Gasteiger partial charge on any atom is 0 e. The Hall–Kier alpha value is 0.352. The summed E-state index contributed by atoms with van der Waals surface area (Å²) in [4.78, 5) is 0. The Bertz CT molecular complexity index is 316. The van der Waals surface area contributed by atoms with Gasteiger partial charge in [-0.05, 0) is 35.3 Å². The van der Waals surface area contributed by atoms with Crippen LogP contribution in [0.5, 0.6) is 0 Å². The summed E-state index contributed by atoms with van der Waals surface area (Å²) in [5, 5.41) is 3.38. The average molecular weight is 334 g/mol. The van der Waals surface area contributed by atoms with Crippen LogP contribution in [0.2, 0.25) is 0 Å². The zero-order valence-electron chi connectivity index (χ0n) is 12.3. The second kappa shape index (κ2) is 13.3. The van der Waals surface area contributed by atoms with E-state index in [1.165, 1.54) is 24.6 Å². The van der Waals surface area contributed by atoms with E-state index in [9.17, 15) is 0 Å². The van der Waals surface area contributed by atoms with Crippen molar-refractivity contribution in [3.8, 4) is 0 Å². The molecule has 0 radical (unpaired) electrons. The van der Waals surface area contributed by atoms with Gasteiger partial charge < -0.3 is 0 Å². The molecular formula is C15H24CrOP2. The van der Waals surface area contributed by atoms with E-state index in [4.69, 9.17) is 4.65 Å². The van der Waals surface area contributed by atoms with Crippen molar-refractivity contribution < 1.29 is 22.0 Å². The molecule has 0 N–H and O–H groups in total. The molecule has 0 aliphatic carbocycles. The first-order chi connectivity index (χ1) is 8.78. The van der Waals surface area contributed by atoms with E-state index in [0.29, 0.717) is 0 Å². The van der Waals surface area contributed by atoms with Crippen molar-refractivity contribution in [2.24, 2.45) is 0 Å². The summed E-state index contributed by atoms with van der Waals surface area (Å²) in [7, 11) is 0.200. The summed E-state index contributed by atoms with van der Waals surface area (Å²) in [5.74, 6) is 0.